The van der Waals surface area contributed by atoms with Gasteiger partial charge in [0.15, 0.2) is 0 Å². The minimum absolute atomic E-state index is 0.639. The van der Waals surface area contributed by atoms with Crippen molar-refractivity contribution in [1.82, 2.24) is 0 Å². The summed E-state index contributed by atoms with van der Waals surface area (Å²) < 4.78 is 6.02. The van der Waals surface area contributed by atoms with Crippen LogP contribution in [0.15, 0.2) is 40.9 Å². The van der Waals surface area contributed by atoms with E-state index in [4.69, 9.17) is 22.1 Å². The van der Waals surface area contributed by atoms with Crippen molar-refractivity contribution in [2.75, 3.05) is 18.2 Å². The Morgan fingerprint density at radius 3 is 2.61 bits per heavy atom. The Morgan fingerprint density at radius 1 is 1.17 bits per heavy atom. The maximum absolute atomic E-state index is 6.03. The number of methoxy groups -OCH3 is 1. The highest BCUT2D eigenvalue weighted by Gasteiger charge is 2.02. The van der Waals surface area contributed by atoms with Gasteiger partial charge in [-0.3, -0.25) is 0 Å². The Kier molecular flexibility index (Phi) is 3.99. The number of nitrogen functional groups attached to an aromatic ring is 1. The summed E-state index contributed by atoms with van der Waals surface area (Å²) in [5.41, 5.74) is 8.17. The molecule has 2 aromatic rings. The third-order valence-corrected chi connectivity index (χ3v) is 3.61. The van der Waals surface area contributed by atoms with Gasteiger partial charge in [0.1, 0.15) is 5.75 Å². The topological polar surface area (TPSA) is 47.3 Å². The van der Waals surface area contributed by atoms with Crippen LogP contribution in [-0.4, -0.2) is 7.11 Å². The van der Waals surface area contributed by atoms with Crippen molar-refractivity contribution in [3.63, 3.8) is 0 Å². The molecule has 0 aromatic heterocycles. The van der Waals surface area contributed by atoms with E-state index in [-0.39, 0.29) is 0 Å². The molecule has 0 radical (unpaired) electrons. The zero-order chi connectivity index (χ0) is 13.1. The lowest BCUT2D eigenvalue weighted by atomic mass is 10.2. The van der Waals surface area contributed by atoms with Crippen molar-refractivity contribution in [2.45, 2.75) is 0 Å². The molecule has 0 amide bonds. The van der Waals surface area contributed by atoms with Crippen LogP contribution in [0.5, 0.6) is 5.75 Å². The van der Waals surface area contributed by atoms with Crippen LogP contribution in [-0.2, 0) is 0 Å². The van der Waals surface area contributed by atoms with Gasteiger partial charge in [-0.2, -0.15) is 0 Å². The molecule has 0 atom stereocenters. The summed E-state index contributed by atoms with van der Waals surface area (Å²) in [4.78, 5) is 0. The third kappa shape index (κ3) is 3.09. The SMILES string of the molecule is COc1cc(N)cc(Nc2ccc(Br)c(Cl)c2)c1. The summed E-state index contributed by atoms with van der Waals surface area (Å²) in [5.74, 6) is 0.709. The first-order chi connectivity index (χ1) is 8.58. The first kappa shape index (κ1) is 13.1. The molecule has 0 heterocycles. The van der Waals surface area contributed by atoms with Crippen LogP contribution < -0.4 is 15.8 Å². The van der Waals surface area contributed by atoms with Gasteiger partial charge in [0.25, 0.3) is 0 Å². The molecule has 2 aromatic carbocycles. The maximum atomic E-state index is 6.03. The average molecular weight is 328 g/mol. The molecular weight excluding hydrogens is 316 g/mol. The first-order valence-corrected chi connectivity index (χ1v) is 6.42. The van der Waals surface area contributed by atoms with Crippen LogP contribution in [0.4, 0.5) is 17.1 Å². The minimum atomic E-state index is 0.639. The Balaban J connectivity index is 2.27. The summed E-state index contributed by atoms with van der Waals surface area (Å²) in [7, 11) is 1.61. The Labute approximate surface area is 119 Å². The van der Waals surface area contributed by atoms with E-state index in [1.807, 2.05) is 30.3 Å². The average Bonchev–Trinajstić information content (AvgIpc) is 2.33. The van der Waals surface area contributed by atoms with Crippen molar-refractivity contribution in [3.8, 4) is 5.75 Å². The highest BCUT2D eigenvalue weighted by Crippen LogP contribution is 2.29. The van der Waals surface area contributed by atoms with E-state index in [0.29, 0.717) is 16.5 Å². The summed E-state index contributed by atoms with van der Waals surface area (Å²) in [6.07, 6.45) is 0. The molecule has 0 aliphatic carbocycles. The number of rotatable bonds is 3. The molecule has 0 unspecified atom stereocenters. The number of ether oxygens (including phenoxy) is 1. The molecule has 0 saturated carbocycles. The van der Waals surface area contributed by atoms with Crippen molar-refractivity contribution in [3.05, 3.63) is 45.9 Å². The number of anilines is 3. The predicted molar refractivity (Wildman–Crippen MR) is 79.8 cm³/mol. The van der Waals surface area contributed by atoms with Crippen molar-refractivity contribution in [1.29, 1.82) is 0 Å². The van der Waals surface area contributed by atoms with Gasteiger partial charge in [-0.1, -0.05) is 11.6 Å². The van der Waals surface area contributed by atoms with E-state index in [1.54, 1.807) is 13.2 Å². The lowest BCUT2D eigenvalue weighted by Crippen LogP contribution is -1.94. The van der Waals surface area contributed by atoms with Gasteiger partial charge >= 0.3 is 0 Å². The molecule has 0 spiro atoms. The second kappa shape index (κ2) is 5.50. The fourth-order valence-corrected chi connectivity index (χ4v) is 1.98. The summed E-state index contributed by atoms with van der Waals surface area (Å²) in [6, 6.07) is 11.1. The lowest BCUT2D eigenvalue weighted by Gasteiger charge is -2.10. The molecule has 94 valence electrons. The Morgan fingerprint density at radius 2 is 1.94 bits per heavy atom. The van der Waals surface area contributed by atoms with Gasteiger partial charge in [-0.25, -0.2) is 0 Å². The Hall–Kier alpha value is -1.39. The van der Waals surface area contributed by atoms with Gasteiger partial charge in [-0.15, -0.1) is 0 Å². The molecule has 0 aliphatic heterocycles. The maximum Gasteiger partial charge on any atom is 0.122 e. The minimum Gasteiger partial charge on any atom is -0.497 e. The highest BCUT2D eigenvalue weighted by atomic mass is 79.9. The van der Waals surface area contributed by atoms with Crippen LogP contribution >= 0.6 is 27.5 Å². The van der Waals surface area contributed by atoms with Crippen LogP contribution in [0.2, 0.25) is 5.02 Å². The monoisotopic (exact) mass is 326 g/mol. The largest absolute Gasteiger partial charge is 0.497 e. The number of halogens is 2. The van der Waals surface area contributed by atoms with E-state index >= 15 is 0 Å². The van der Waals surface area contributed by atoms with E-state index < -0.39 is 0 Å². The second-order valence-electron chi connectivity index (χ2n) is 3.75. The van der Waals surface area contributed by atoms with Crippen molar-refractivity contribution in [2.24, 2.45) is 0 Å². The number of nitrogens with one attached hydrogen (secondary N) is 1. The van der Waals surface area contributed by atoms with E-state index in [0.717, 1.165) is 15.8 Å². The number of nitrogens with two attached hydrogens (primary N) is 1. The third-order valence-electron chi connectivity index (χ3n) is 2.37. The summed E-state index contributed by atoms with van der Waals surface area (Å²) >= 11 is 9.38. The van der Waals surface area contributed by atoms with Crippen molar-refractivity contribution >= 4 is 44.6 Å². The lowest BCUT2D eigenvalue weighted by molar-refractivity contribution is 0.415. The molecule has 3 N–H and O–H groups in total. The van der Waals surface area contributed by atoms with Crippen LogP contribution in [0.25, 0.3) is 0 Å². The Bertz CT molecular complexity index is 575. The number of hydrogen-bond donors (Lipinski definition) is 2. The van der Waals surface area contributed by atoms with E-state index in [9.17, 15) is 0 Å². The number of hydrogen-bond acceptors (Lipinski definition) is 3. The highest BCUT2D eigenvalue weighted by molar-refractivity contribution is 9.10. The molecule has 0 saturated heterocycles. The molecule has 5 heteroatoms. The molecule has 18 heavy (non-hydrogen) atoms. The summed E-state index contributed by atoms with van der Waals surface area (Å²) in [6.45, 7) is 0. The van der Waals surface area contributed by atoms with E-state index in [1.165, 1.54) is 0 Å². The van der Waals surface area contributed by atoms with E-state index in [2.05, 4.69) is 21.2 Å². The van der Waals surface area contributed by atoms with Crippen LogP contribution in [0, 0.1) is 0 Å². The molecular formula is C13H12BrClN2O. The zero-order valence-electron chi connectivity index (χ0n) is 9.71. The van der Waals surface area contributed by atoms with Crippen LogP contribution in [0.1, 0.15) is 0 Å². The fraction of sp³-hybridized carbons (Fsp3) is 0.0769. The molecule has 3 nitrogen and oxygen atoms in total. The molecule has 0 fully saturated rings. The smallest absolute Gasteiger partial charge is 0.122 e. The quantitative estimate of drug-likeness (QED) is 0.819. The number of benzene rings is 2. The van der Waals surface area contributed by atoms with Crippen molar-refractivity contribution < 1.29 is 4.74 Å². The standard InChI is InChI=1S/C13H12BrClN2O/c1-18-11-5-8(16)4-10(6-11)17-9-2-3-12(14)13(15)7-9/h2-7,17H,16H2,1H3. The van der Waals surface area contributed by atoms with Gasteiger partial charge in [0.05, 0.1) is 12.1 Å². The fourth-order valence-electron chi connectivity index (χ4n) is 1.55. The van der Waals surface area contributed by atoms with Gasteiger partial charge in [0, 0.05) is 33.7 Å². The first-order valence-electron chi connectivity index (χ1n) is 5.25. The zero-order valence-corrected chi connectivity index (χ0v) is 12.0. The van der Waals surface area contributed by atoms with Gasteiger partial charge in [-0.05, 0) is 40.2 Å². The molecule has 0 bridgehead atoms. The van der Waals surface area contributed by atoms with Gasteiger partial charge in [0.2, 0.25) is 0 Å². The summed E-state index contributed by atoms with van der Waals surface area (Å²) in [5, 5.41) is 3.87. The second-order valence-corrected chi connectivity index (χ2v) is 5.01. The predicted octanol–water partition coefficient (Wildman–Crippen LogP) is 4.44. The normalized spacial score (nSPS) is 10.2. The molecule has 0 aliphatic rings. The van der Waals surface area contributed by atoms with Crippen LogP contribution in [0.3, 0.4) is 0 Å². The molecule has 2 rings (SSSR count). The van der Waals surface area contributed by atoms with Gasteiger partial charge < -0.3 is 15.8 Å².